The summed E-state index contributed by atoms with van der Waals surface area (Å²) in [5, 5.41) is 3.28. The van der Waals surface area contributed by atoms with E-state index in [4.69, 9.17) is 9.15 Å². The van der Waals surface area contributed by atoms with E-state index in [1.165, 1.54) is 6.26 Å². The van der Waals surface area contributed by atoms with Crippen LogP contribution in [0.15, 0.2) is 45.8 Å². The molecule has 8 heteroatoms. The third-order valence-corrected chi connectivity index (χ3v) is 4.48. The van der Waals surface area contributed by atoms with Gasteiger partial charge in [-0.05, 0) is 18.2 Å². The van der Waals surface area contributed by atoms with Crippen LogP contribution in [0.25, 0.3) is 10.9 Å². The van der Waals surface area contributed by atoms with Crippen LogP contribution in [0.5, 0.6) is 0 Å². The summed E-state index contributed by atoms with van der Waals surface area (Å²) in [6.45, 7) is 3.90. The molecule has 2 N–H and O–H groups in total. The molecule has 0 atom stereocenters. The first-order valence-electron chi connectivity index (χ1n) is 8.83. The van der Waals surface area contributed by atoms with E-state index in [0.29, 0.717) is 42.0 Å². The van der Waals surface area contributed by atoms with Gasteiger partial charge in [-0.25, -0.2) is 4.98 Å². The molecule has 0 aliphatic carbocycles. The Bertz CT molecular complexity index is 1000. The molecule has 0 saturated carbocycles. The van der Waals surface area contributed by atoms with Crippen molar-refractivity contribution in [2.45, 2.75) is 13.1 Å². The van der Waals surface area contributed by atoms with E-state index in [-0.39, 0.29) is 18.0 Å². The van der Waals surface area contributed by atoms with Crippen LogP contribution < -0.4 is 10.9 Å². The number of carbonyl (C=O) groups is 1. The number of furan rings is 1. The van der Waals surface area contributed by atoms with Gasteiger partial charge >= 0.3 is 0 Å². The molecule has 1 fully saturated rings. The first kappa shape index (κ1) is 17.4. The number of morpholine rings is 1. The highest BCUT2D eigenvalue weighted by Gasteiger charge is 2.15. The summed E-state index contributed by atoms with van der Waals surface area (Å²) >= 11 is 0. The van der Waals surface area contributed by atoms with Crippen molar-refractivity contribution in [3.8, 4) is 0 Å². The molecule has 8 nitrogen and oxygen atoms in total. The number of para-hydroxylation sites is 1. The Morgan fingerprint density at radius 2 is 2.07 bits per heavy atom. The fraction of sp³-hybridized carbons (Fsp3) is 0.316. The molecular formula is C19H20N4O4. The molecule has 3 aromatic rings. The second-order valence-electron chi connectivity index (χ2n) is 6.40. The maximum Gasteiger partial charge on any atom is 0.258 e. The number of aromatic nitrogens is 2. The summed E-state index contributed by atoms with van der Waals surface area (Å²) in [6.07, 6.45) is 1.45. The van der Waals surface area contributed by atoms with Gasteiger partial charge in [-0.1, -0.05) is 12.1 Å². The minimum atomic E-state index is -0.275. The molecular weight excluding hydrogens is 348 g/mol. The monoisotopic (exact) mass is 368 g/mol. The molecule has 4 rings (SSSR count). The molecule has 0 spiro atoms. The van der Waals surface area contributed by atoms with E-state index in [1.807, 2.05) is 6.07 Å². The molecule has 140 valence electrons. The quantitative estimate of drug-likeness (QED) is 0.704. The molecule has 1 aliphatic rings. The molecule has 27 heavy (non-hydrogen) atoms. The number of nitrogens with zero attached hydrogens (tertiary/aromatic N) is 2. The highest BCUT2D eigenvalue weighted by atomic mass is 16.5. The topological polar surface area (TPSA) is 100 Å². The molecule has 1 saturated heterocycles. The van der Waals surface area contributed by atoms with Gasteiger partial charge in [0.15, 0.2) is 0 Å². The molecule has 2 aromatic heterocycles. The van der Waals surface area contributed by atoms with Crippen LogP contribution in [0.1, 0.15) is 21.9 Å². The summed E-state index contributed by atoms with van der Waals surface area (Å²) < 4.78 is 10.8. The molecule has 1 amide bonds. The van der Waals surface area contributed by atoms with Gasteiger partial charge in [-0.15, -0.1) is 0 Å². The lowest BCUT2D eigenvalue weighted by Gasteiger charge is -2.25. The van der Waals surface area contributed by atoms with Crippen molar-refractivity contribution < 1.29 is 13.9 Å². The Labute approximate surface area is 155 Å². The summed E-state index contributed by atoms with van der Waals surface area (Å²) in [6, 6.07) is 8.82. The van der Waals surface area contributed by atoms with E-state index < -0.39 is 0 Å². The van der Waals surface area contributed by atoms with Crippen LogP contribution >= 0.6 is 0 Å². The lowest BCUT2D eigenvalue weighted by molar-refractivity contribution is 0.0313. The Kier molecular flexibility index (Phi) is 4.99. The van der Waals surface area contributed by atoms with Crippen LogP contribution in [0.3, 0.4) is 0 Å². The first-order chi connectivity index (χ1) is 13.2. The number of carbonyl (C=O) groups excluding carboxylic acids is 1. The van der Waals surface area contributed by atoms with Gasteiger partial charge in [-0.2, -0.15) is 0 Å². The number of H-pyrrole nitrogens is 1. The molecule has 3 heterocycles. The van der Waals surface area contributed by atoms with Crippen LogP contribution in [0, 0.1) is 0 Å². The second kappa shape index (κ2) is 7.73. The number of nitrogens with one attached hydrogen (secondary N) is 2. The highest BCUT2D eigenvalue weighted by Crippen LogP contribution is 2.12. The predicted molar refractivity (Wildman–Crippen MR) is 98.3 cm³/mol. The van der Waals surface area contributed by atoms with Crippen LogP contribution in [-0.4, -0.2) is 47.1 Å². The van der Waals surface area contributed by atoms with Gasteiger partial charge in [0, 0.05) is 13.1 Å². The summed E-state index contributed by atoms with van der Waals surface area (Å²) in [7, 11) is 0. The van der Waals surface area contributed by atoms with Crippen LogP contribution in [0.2, 0.25) is 0 Å². The largest absolute Gasteiger partial charge is 0.467 e. The average Bonchev–Trinajstić information content (AvgIpc) is 3.15. The summed E-state index contributed by atoms with van der Waals surface area (Å²) in [5.74, 6) is 0.867. The van der Waals surface area contributed by atoms with Crippen LogP contribution in [-0.2, 0) is 17.8 Å². The van der Waals surface area contributed by atoms with E-state index in [2.05, 4.69) is 20.2 Å². The molecule has 1 aromatic carbocycles. The highest BCUT2D eigenvalue weighted by molar-refractivity contribution is 5.93. The van der Waals surface area contributed by atoms with E-state index in [1.54, 1.807) is 24.3 Å². The average molecular weight is 368 g/mol. The minimum absolute atomic E-state index is 0.128. The fourth-order valence-electron chi connectivity index (χ4n) is 3.05. The Balaban J connectivity index is 1.39. The summed E-state index contributed by atoms with van der Waals surface area (Å²) in [5.41, 5.74) is 0.823. The number of aromatic amines is 1. The standard InChI is InChI=1S/C19H20N4O4/c24-18(13-9-14(27-12-13)11-23-5-7-26-8-6-23)20-10-17-21-16-4-2-1-3-15(16)19(25)22-17/h1-4,9,12H,5-8,10-11H2,(H,20,24)(H,21,22,25). The second-order valence-corrected chi connectivity index (χ2v) is 6.40. The number of hydrogen-bond acceptors (Lipinski definition) is 6. The van der Waals surface area contributed by atoms with Crippen molar-refractivity contribution in [3.05, 3.63) is 64.1 Å². The van der Waals surface area contributed by atoms with Crippen molar-refractivity contribution in [1.82, 2.24) is 20.2 Å². The number of fused-ring (bicyclic) bond motifs is 1. The lowest BCUT2D eigenvalue weighted by atomic mass is 10.2. The Morgan fingerprint density at radius 3 is 2.93 bits per heavy atom. The zero-order chi connectivity index (χ0) is 18.6. The first-order valence-corrected chi connectivity index (χ1v) is 8.83. The van der Waals surface area contributed by atoms with Crippen molar-refractivity contribution in [2.24, 2.45) is 0 Å². The Hall–Kier alpha value is -2.97. The summed E-state index contributed by atoms with van der Waals surface area (Å²) in [4.78, 5) is 33.7. The molecule has 0 unspecified atom stereocenters. The number of hydrogen-bond donors (Lipinski definition) is 2. The van der Waals surface area contributed by atoms with E-state index in [0.717, 1.165) is 18.8 Å². The van der Waals surface area contributed by atoms with Crippen molar-refractivity contribution in [2.75, 3.05) is 26.3 Å². The van der Waals surface area contributed by atoms with Gasteiger partial charge in [0.1, 0.15) is 17.8 Å². The molecule has 0 bridgehead atoms. The molecule has 0 radical (unpaired) electrons. The fourth-order valence-corrected chi connectivity index (χ4v) is 3.05. The third-order valence-electron chi connectivity index (χ3n) is 4.48. The third kappa shape index (κ3) is 4.07. The zero-order valence-corrected chi connectivity index (χ0v) is 14.7. The van der Waals surface area contributed by atoms with Gasteiger partial charge in [0.05, 0.1) is 42.8 Å². The smallest absolute Gasteiger partial charge is 0.258 e. The van der Waals surface area contributed by atoms with Gasteiger partial charge < -0.3 is 19.5 Å². The number of ether oxygens (including phenoxy) is 1. The van der Waals surface area contributed by atoms with Gasteiger partial charge in [0.25, 0.3) is 11.5 Å². The Morgan fingerprint density at radius 1 is 1.26 bits per heavy atom. The van der Waals surface area contributed by atoms with Crippen LogP contribution in [0.4, 0.5) is 0 Å². The predicted octanol–water partition coefficient (Wildman–Crippen LogP) is 1.28. The maximum absolute atomic E-state index is 12.3. The van der Waals surface area contributed by atoms with Gasteiger partial charge in [-0.3, -0.25) is 14.5 Å². The van der Waals surface area contributed by atoms with E-state index >= 15 is 0 Å². The number of amides is 1. The zero-order valence-electron chi connectivity index (χ0n) is 14.7. The van der Waals surface area contributed by atoms with Crippen molar-refractivity contribution in [3.63, 3.8) is 0 Å². The lowest BCUT2D eigenvalue weighted by Crippen LogP contribution is -2.35. The minimum Gasteiger partial charge on any atom is -0.467 e. The molecule has 1 aliphatic heterocycles. The maximum atomic E-state index is 12.3. The van der Waals surface area contributed by atoms with Gasteiger partial charge in [0.2, 0.25) is 0 Å². The van der Waals surface area contributed by atoms with Crippen molar-refractivity contribution >= 4 is 16.8 Å². The normalized spacial score (nSPS) is 15.1. The number of benzene rings is 1. The van der Waals surface area contributed by atoms with E-state index in [9.17, 15) is 9.59 Å². The van der Waals surface area contributed by atoms with Crippen molar-refractivity contribution in [1.29, 1.82) is 0 Å². The number of rotatable bonds is 5. The SMILES string of the molecule is O=C(NCc1nc2ccccc2c(=O)[nH]1)c1coc(CN2CCOCC2)c1.